The molecule has 2 aliphatic rings. The maximum Gasteiger partial charge on any atom is 0.245 e. The van der Waals surface area contributed by atoms with E-state index in [0.29, 0.717) is 0 Å². The van der Waals surface area contributed by atoms with Crippen molar-refractivity contribution in [2.24, 2.45) is 11.8 Å². The number of halogens is 2. The van der Waals surface area contributed by atoms with Crippen molar-refractivity contribution in [2.45, 2.75) is 122 Å². The molecule has 0 radical (unpaired) electrons. The zero-order valence-corrected chi connectivity index (χ0v) is 32.9. The molecule has 0 unspecified atom stereocenters. The lowest BCUT2D eigenvalue weighted by Crippen LogP contribution is -2.51. The molecule has 2 saturated heterocycles. The van der Waals surface area contributed by atoms with E-state index in [4.69, 9.17) is 8.22 Å². The van der Waals surface area contributed by atoms with Gasteiger partial charge in [0.05, 0.1) is 29.6 Å². The Morgan fingerprint density at radius 3 is 1.86 bits per heavy atom. The highest BCUT2D eigenvalue weighted by molar-refractivity contribution is 5.97. The number of nitrogens with zero attached hydrogens (tertiary/aromatic N) is 2. The zero-order chi connectivity index (χ0) is 50.6. The number of Topliss-reactive ketones (excluding diaryl/α,β-unsaturated/α-hetero) is 1. The number of H-pyrrole nitrogens is 2. The summed E-state index contributed by atoms with van der Waals surface area (Å²) in [6.45, 7) is 0.201. The number of nitrogens with one attached hydrogen (secondary N) is 4. The molecule has 8 atom stereocenters. The number of benzene rings is 2. The minimum absolute atomic E-state index is 0.0146. The van der Waals surface area contributed by atoms with Crippen LogP contribution in [0.3, 0.4) is 0 Å². The number of ketones is 1. The number of carbonyl (C=O) groups is 4. The average Bonchev–Trinajstić information content (AvgIpc) is 4.02. The molecule has 0 spiro atoms. The first-order chi connectivity index (χ1) is 31.5. The summed E-state index contributed by atoms with van der Waals surface area (Å²) in [6.07, 6.45) is -9.22. The summed E-state index contributed by atoms with van der Waals surface area (Å²) in [5, 5.41) is 27.2. The van der Waals surface area contributed by atoms with E-state index in [-0.39, 0.29) is 83.1 Å². The largest absolute Gasteiger partial charge is 0.391 e. The van der Waals surface area contributed by atoms with Gasteiger partial charge in [0.1, 0.15) is 23.5 Å². The lowest BCUT2D eigenvalue weighted by molar-refractivity contribution is -0.139. The molecular formula is C44H58F2N6O6. The monoisotopic (exact) mass is 815 g/mol. The van der Waals surface area contributed by atoms with E-state index in [1.54, 1.807) is 13.8 Å². The molecule has 6 N–H and O–H groups in total. The van der Waals surface area contributed by atoms with Gasteiger partial charge in [0.25, 0.3) is 0 Å². The van der Waals surface area contributed by atoms with Gasteiger partial charge >= 0.3 is 0 Å². The third-order valence-corrected chi connectivity index (χ3v) is 11.3. The normalized spacial score (nSPS) is 25.2. The van der Waals surface area contributed by atoms with Gasteiger partial charge in [0, 0.05) is 78.9 Å². The maximum atomic E-state index is 15.0. The van der Waals surface area contributed by atoms with Crippen LogP contribution in [0.25, 0.3) is 33.2 Å². The number of aromatic nitrogens is 2. The van der Waals surface area contributed by atoms with Crippen molar-refractivity contribution in [2.75, 3.05) is 20.1 Å². The summed E-state index contributed by atoms with van der Waals surface area (Å²) in [5.74, 6) is -6.26. The Morgan fingerprint density at radius 1 is 0.845 bits per heavy atom. The predicted octanol–water partition coefficient (Wildman–Crippen LogP) is 5.14. The first-order valence-electron chi connectivity index (χ1n) is 24.7. The van der Waals surface area contributed by atoms with Gasteiger partial charge in [-0.25, -0.2) is 8.78 Å². The molecule has 0 aliphatic carbocycles. The first kappa shape index (κ1) is 31.3. The molecule has 2 fully saturated rings. The van der Waals surface area contributed by atoms with Gasteiger partial charge < -0.3 is 40.6 Å². The van der Waals surface area contributed by atoms with Crippen molar-refractivity contribution in [3.63, 3.8) is 0 Å². The van der Waals surface area contributed by atoms with Crippen LogP contribution in [-0.4, -0.2) is 110 Å². The van der Waals surface area contributed by atoms with E-state index in [2.05, 4.69) is 20.6 Å². The highest BCUT2D eigenvalue weighted by Gasteiger charge is 2.41. The molecule has 6 rings (SSSR count). The number of aliphatic hydroxyl groups is 2. The third kappa shape index (κ3) is 8.84. The number of β-amino-alcohol motifs (C(OH)–C–C–N with tert-alkyl or cyclic N) is 2. The lowest BCUT2D eigenvalue weighted by atomic mass is 9.93. The van der Waals surface area contributed by atoms with Gasteiger partial charge in [-0.2, -0.15) is 0 Å². The topological polar surface area (TPSA) is 171 Å². The van der Waals surface area contributed by atoms with E-state index < -0.39 is 123 Å². The van der Waals surface area contributed by atoms with Gasteiger partial charge in [0.2, 0.25) is 17.7 Å². The van der Waals surface area contributed by atoms with Crippen LogP contribution in [-0.2, 0) is 31.9 Å². The first-order valence-corrected chi connectivity index (χ1v) is 19.7. The number of likely N-dealkylation sites (tertiary alicyclic amines) is 2. The smallest absolute Gasteiger partial charge is 0.245 e. The Labute approximate surface area is 352 Å². The molecule has 314 valence electrons. The molecule has 14 heteroatoms. The van der Waals surface area contributed by atoms with Crippen molar-refractivity contribution in [1.29, 1.82) is 0 Å². The molecule has 0 bridgehead atoms. The number of fused-ring (bicyclic) bond motifs is 2. The molecule has 4 aromatic rings. The maximum absolute atomic E-state index is 15.0. The molecule has 2 aromatic carbocycles. The quantitative estimate of drug-likeness (QED) is 0.0911. The van der Waals surface area contributed by atoms with Crippen molar-refractivity contribution in [1.82, 2.24) is 30.4 Å². The molecule has 4 heterocycles. The Bertz CT molecular complexity index is 2380. The molecular weight excluding hydrogens is 747 g/mol. The van der Waals surface area contributed by atoms with Gasteiger partial charge in [-0.05, 0) is 106 Å². The molecule has 12 nitrogen and oxygen atoms in total. The summed E-state index contributed by atoms with van der Waals surface area (Å²) in [4.78, 5) is 63.4. The fraction of sp³-hybridized carbons (Fsp3) is 0.545. The Hall–Kier alpha value is -4.66. The number of aromatic amines is 2. The highest BCUT2D eigenvalue weighted by atomic mass is 19.1. The molecule has 3 amide bonds. The second-order valence-electron chi connectivity index (χ2n) is 15.4. The summed E-state index contributed by atoms with van der Waals surface area (Å²) in [6, 6.07) is 1.59. The van der Waals surface area contributed by atoms with Gasteiger partial charge in [-0.15, -0.1) is 0 Å². The second-order valence-corrected chi connectivity index (χ2v) is 15.4. The van der Waals surface area contributed by atoms with Gasteiger partial charge in [-0.3, -0.25) is 19.2 Å². The third-order valence-electron chi connectivity index (χ3n) is 11.3. The SMILES string of the molecule is [2H]C([2H])([2H])C[C@@H](C)C(=O)N[C@@H](CC)C(=O)N1C[C@@H](O)C[C@H]1C([2H])([2H])c1c(-c2[nH]c3cc(F)ccc3c2C([2H])([2H])[C@@H]2C[C@H](O)CN2C(=O)[C@H](CC)CC(=O)[C@H](C)NC([2H])([2H])[2H])[nH]c2cc(F)ccc12. The van der Waals surface area contributed by atoms with Crippen LogP contribution in [0.15, 0.2) is 36.4 Å². The summed E-state index contributed by atoms with van der Waals surface area (Å²) in [7, 11) is 0. The van der Waals surface area contributed by atoms with Crippen molar-refractivity contribution < 1.29 is 51.9 Å². The number of likely N-dealkylation sites (N-methyl/N-ethyl adjacent to an activating group) is 1. The molecule has 58 heavy (non-hydrogen) atoms. The van der Waals surface area contributed by atoms with E-state index in [0.717, 1.165) is 34.1 Å². The fourth-order valence-electron chi connectivity index (χ4n) is 7.82. The average molecular weight is 815 g/mol. The Morgan fingerprint density at radius 2 is 1.38 bits per heavy atom. The highest BCUT2D eigenvalue weighted by Crippen LogP contribution is 2.40. The minimum Gasteiger partial charge on any atom is -0.391 e. The fourth-order valence-corrected chi connectivity index (χ4v) is 7.82. The second kappa shape index (κ2) is 18.1. The number of rotatable bonds is 16. The number of hydrogen-bond acceptors (Lipinski definition) is 7. The van der Waals surface area contributed by atoms with Gasteiger partial charge in [-0.1, -0.05) is 27.6 Å². The van der Waals surface area contributed by atoms with E-state index in [1.807, 2.05) is 0 Å². The van der Waals surface area contributed by atoms with Crippen molar-refractivity contribution >= 4 is 45.3 Å². The van der Waals surface area contributed by atoms with Crippen LogP contribution in [0, 0.1) is 23.5 Å². The van der Waals surface area contributed by atoms with E-state index >= 15 is 8.78 Å². The summed E-state index contributed by atoms with van der Waals surface area (Å²) >= 11 is 0. The van der Waals surface area contributed by atoms with Crippen LogP contribution in [0.1, 0.15) is 97.9 Å². The van der Waals surface area contributed by atoms with E-state index in [9.17, 15) is 34.9 Å². The van der Waals surface area contributed by atoms with Crippen LogP contribution < -0.4 is 10.6 Å². The summed E-state index contributed by atoms with van der Waals surface area (Å²) < 4.78 is 115. The number of hydrogen-bond donors (Lipinski definition) is 6. The lowest BCUT2D eigenvalue weighted by Gasteiger charge is -2.30. The molecule has 2 aliphatic heterocycles. The molecule has 2 aromatic heterocycles. The van der Waals surface area contributed by atoms with Crippen molar-refractivity contribution in [3.8, 4) is 11.4 Å². The number of carbonyl (C=O) groups excluding carboxylic acids is 4. The van der Waals surface area contributed by atoms with Crippen LogP contribution in [0.2, 0.25) is 0 Å². The number of aliphatic hydroxyl groups excluding tert-OH is 2. The minimum atomic E-state index is -2.68. The number of amides is 3. The Balaban J connectivity index is 1.46. The van der Waals surface area contributed by atoms with Crippen LogP contribution in [0.4, 0.5) is 8.78 Å². The van der Waals surface area contributed by atoms with Crippen LogP contribution >= 0.6 is 0 Å². The standard InChI is InChI=1S/C44H58F2N6O6/c1-7-23(4)42(56)50-36(9-3)44(58)52-22-31(54)18-29(52)20-35-33-13-11-27(46)16-38(33)49-41(35)40-34(32-12-10-26(45)15-37(32)48-40)19-28-17-30(53)21-51(28)43(57)25(8-2)14-39(55)24(5)47-6/h10-13,15-16,23-25,28-31,36,47-49,53-54H,7-9,14,17-22H2,1-6H3,(H,50,56)/t23-,24+,25-,28+,29+,30+,31+,36+/m1/s1/i1D3,6D3,19D2,20D2. The van der Waals surface area contributed by atoms with E-state index in [1.165, 1.54) is 26.0 Å². The predicted molar refractivity (Wildman–Crippen MR) is 219 cm³/mol. The van der Waals surface area contributed by atoms with Crippen molar-refractivity contribution in [3.05, 3.63) is 59.2 Å². The zero-order valence-electron chi connectivity index (χ0n) is 42.9. The molecule has 0 saturated carbocycles. The Kier molecular flexibility index (Phi) is 9.76. The van der Waals surface area contributed by atoms with Crippen LogP contribution in [0.5, 0.6) is 0 Å². The summed E-state index contributed by atoms with van der Waals surface area (Å²) in [5.41, 5.74) is -0.623. The van der Waals surface area contributed by atoms with Gasteiger partial charge in [0.15, 0.2) is 0 Å².